The molecule has 3 N–H and O–H groups in total. The Morgan fingerprint density at radius 1 is 1.37 bits per heavy atom. The Balaban J connectivity index is 2.18. The largest absolute Gasteiger partial charge is 0.409 e. The molecule has 0 saturated heterocycles. The van der Waals surface area contributed by atoms with Crippen LogP contribution in [0.5, 0.6) is 0 Å². The van der Waals surface area contributed by atoms with Gasteiger partial charge in [0.1, 0.15) is 5.84 Å². The van der Waals surface area contributed by atoms with Crippen LogP contribution in [0.1, 0.15) is 43.7 Å². The topological polar surface area (TPSA) is 61.8 Å². The summed E-state index contributed by atoms with van der Waals surface area (Å²) in [6, 6.07) is 11.1. The van der Waals surface area contributed by atoms with Gasteiger partial charge in [-0.25, -0.2) is 0 Å². The first-order valence-electron chi connectivity index (χ1n) is 6.95. The van der Waals surface area contributed by atoms with Crippen LogP contribution in [0.25, 0.3) is 0 Å². The summed E-state index contributed by atoms with van der Waals surface area (Å²) in [5.41, 5.74) is 6.95. The van der Waals surface area contributed by atoms with Crippen molar-refractivity contribution in [1.29, 1.82) is 0 Å². The van der Waals surface area contributed by atoms with Gasteiger partial charge in [-0.2, -0.15) is 0 Å². The summed E-state index contributed by atoms with van der Waals surface area (Å²) in [5, 5.41) is 12.0. The van der Waals surface area contributed by atoms with Crippen LogP contribution in [0.15, 0.2) is 35.5 Å². The van der Waals surface area contributed by atoms with Crippen LogP contribution >= 0.6 is 0 Å². The van der Waals surface area contributed by atoms with Crippen LogP contribution in [0.2, 0.25) is 0 Å². The first kappa shape index (κ1) is 13.9. The molecule has 2 rings (SSSR count). The minimum absolute atomic E-state index is 0.181. The lowest BCUT2D eigenvalue weighted by atomic mass is 9.99. The van der Waals surface area contributed by atoms with Crippen LogP contribution in [-0.2, 0) is 0 Å². The molecule has 0 aliphatic heterocycles. The second kappa shape index (κ2) is 6.57. The van der Waals surface area contributed by atoms with E-state index < -0.39 is 0 Å². The Labute approximate surface area is 114 Å². The number of benzene rings is 1. The third-order valence-electron chi connectivity index (χ3n) is 4.11. The van der Waals surface area contributed by atoms with Crippen molar-refractivity contribution in [3.05, 3.63) is 35.9 Å². The van der Waals surface area contributed by atoms with Crippen molar-refractivity contribution in [3.63, 3.8) is 0 Å². The van der Waals surface area contributed by atoms with Crippen molar-refractivity contribution in [3.8, 4) is 0 Å². The van der Waals surface area contributed by atoms with E-state index in [9.17, 15) is 0 Å². The van der Waals surface area contributed by atoms with Crippen LogP contribution in [0.4, 0.5) is 0 Å². The van der Waals surface area contributed by atoms with E-state index in [2.05, 4.69) is 29.2 Å². The monoisotopic (exact) mass is 261 g/mol. The maximum atomic E-state index is 8.82. The van der Waals surface area contributed by atoms with Crippen LogP contribution in [-0.4, -0.2) is 29.0 Å². The quantitative estimate of drug-likeness (QED) is 0.371. The summed E-state index contributed by atoms with van der Waals surface area (Å²) >= 11 is 0. The molecule has 4 nitrogen and oxygen atoms in total. The summed E-state index contributed by atoms with van der Waals surface area (Å²) in [6.07, 6.45) is 5.67. The predicted octanol–water partition coefficient (Wildman–Crippen LogP) is 2.74. The van der Waals surface area contributed by atoms with Crippen molar-refractivity contribution < 1.29 is 5.21 Å². The summed E-state index contributed by atoms with van der Waals surface area (Å²) in [4.78, 5) is 2.39. The Morgan fingerprint density at radius 2 is 2.00 bits per heavy atom. The SMILES string of the molecule is CN(C1CCCC1)C(CC(N)=NO)c1ccccc1. The summed E-state index contributed by atoms with van der Waals surface area (Å²) in [6.45, 7) is 0. The number of hydrogen-bond acceptors (Lipinski definition) is 3. The highest BCUT2D eigenvalue weighted by Gasteiger charge is 2.27. The minimum Gasteiger partial charge on any atom is -0.409 e. The molecule has 104 valence electrons. The normalized spacial score (nSPS) is 18.9. The molecule has 1 unspecified atom stereocenters. The molecule has 1 fully saturated rings. The molecule has 0 radical (unpaired) electrons. The average molecular weight is 261 g/mol. The Bertz CT molecular complexity index is 413. The van der Waals surface area contributed by atoms with Gasteiger partial charge in [-0.1, -0.05) is 48.3 Å². The van der Waals surface area contributed by atoms with Crippen molar-refractivity contribution in [1.82, 2.24) is 4.90 Å². The van der Waals surface area contributed by atoms with Crippen molar-refractivity contribution in [2.45, 2.75) is 44.2 Å². The highest BCUT2D eigenvalue weighted by molar-refractivity contribution is 5.80. The predicted molar refractivity (Wildman–Crippen MR) is 77.2 cm³/mol. The molecule has 0 amide bonds. The van der Waals surface area contributed by atoms with Crippen molar-refractivity contribution >= 4 is 5.84 Å². The van der Waals surface area contributed by atoms with Gasteiger partial charge in [-0.3, -0.25) is 4.90 Å². The first-order valence-corrected chi connectivity index (χ1v) is 6.95. The molecular formula is C15H23N3O. The third-order valence-corrected chi connectivity index (χ3v) is 4.11. The molecule has 1 atom stereocenters. The van der Waals surface area contributed by atoms with E-state index in [0.29, 0.717) is 18.3 Å². The molecular weight excluding hydrogens is 238 g/mol. The number of nitrogens with two attached hydrogens (primary N) is 1. The molecule has 19 heavy (non-hydrogen) atoms. The van der Waals surface area contributed by atoms with Gasteiger partial charge in [0.05, 0.1) is 0 Å². The first-order chi connectivity index (χ1) is 9.22. The minimum atomic E-state index is 0.181. The maximum absolute atomic E-state index is 8.82. The second-order valence-corrected chi connectivity index (χ2v) is 5.33. The van der Waals surface area contributed by atoms with Gasteiger partial charge in [0.15, 0.2) is 0 Å². The van der Waals surface area contributed by atoms with Crippen molar-refractivity contribution in [2.24, 2.45) is 10.9 Å². The molecule has 1 aromatic carbocycles. The highest BCUT2D eigenvalue weighted by atomic mass is 16.4. The molecule has 0 bridgehead atoms. The standard InChI is InChI=1S/C15H23N3O/c1-18(13-9-5-6-10-13)14(11-15(16)17-19)12-7-3-2-4-8-12/h2-4,7-8,13-14,19H,5-6,9-11H2,1H3,(H2,16,17). The average Bonchev–Trinajstić information content (AvgIpc) is 2.99. The summed E-state index contributed by atoms with van der Waals surface area (Å²) in [7, 11) is 2.15. The van der Waals surface area contributed by atoms with Gasteiger partial charge in [0, 0.05) is 18.5 Å². The fourth-order valence-corrected chi connectivity index (χ4v) is 2.98. The lowest BCUT2D eigenvalue weighted by molar-refractivity contribution is 0.178. The van der Waals surface area contributed by atoms with Crippen LogP contribution < -0.4 is 5.73 Å². The van der Waals surface area contributed by atoms with Crippen molar-refractivity contribution in [2.75, 3.05) is 7.05 Å². The van der Waals surface area contributed by atoms with Gasteiger partial charge >= 0.3 is 0 Å². The van der Waals surface area contributed by atoms with Crippen LogP contribution in [0.3, 0.4) is 0 Å². The van der Waals surface area contributed by atoms with E-state index in [-0.39, 0.29) is 6.04 Å². The summed E-state index contributed by atoms with van der Waals surface area (Å²) in [5.74, 6) is 0.290. The Hall–Kier alpha value is -1.55. The van der Waals surface area contributed by atoms with E-state index in [0.717, 1.165) is 0 Å². The number of amidine groups is 1. The van der Waals surface area contributed by atoms with Gasteiger partial charge in [-0.15, -0.1) is 0 Å². The Kier molecular flexibility index (Phi) is 4.80. The molecule has 0 spiro atoms. The lowest BCUT2D eigenvalue weighted by Gasteiger charge is -2.33. The number of rotatable bonds is 5. The molecule has 0 aromatic heterocycles. The molecule has 0 heterocycles. The summed E-state index contributed by atoms with van der Waals surface area (Å²) < 4.78 is 0. The highest BCUT2D eigenvalue weighted by Crippen LogP contribution is 2.31. The molecule has 1 aromatic rings. The zero-order valence-corrected chi connectivity index (χ0v) is 11.5. The fraction of sp³-hybridized carbons (Fsp3) is 0.533. The van der Waals surface area contributed by atoms with Gasteiger partial charge in [0.2, 0.25) is 0 Å². The second-order valence-electron chi connectivity index (χ2n) is 5.33. The van der Waals surface area contributed by atoms with E-state index in [1.165, 1.54) is 31.2 Å². The van der Waals surface area contributed by atoms with Crippen LogP contribution in [0, 0.1) is 0 Å². The fourth-order valence-electron chi connectivity index (χ4n) is 2.98. The van der Waals surface area contributed by atoms with Gasteiger partial charge < -0.3 is 10.9 Å². The molecule has 1 saturated carbocycles. The zero-order valence-electron chi connectivity index (χ0n) is 11.5. The van der Waals surface area contributed by atoms with E-state index in [4.69, 9.17) is 10.9 Å². The lowest BCUT2D eigenvalue weighted by Crippen LogP contribution is -2.35. The molecule has 1 aliphatic carbocycles. The van der Waals surface area contributed by atoms with E-state index in [1.54, 1.807) is 0 Å². The van der Waals surface area contributed by atoms with E-state index >= 15 is 0 Å². The zero-order chi connectivity index (χ0) is 13.7. The molecule has 4 heteroatoms. The number of oxime groups is 1. The maximum Gasteiger partial charge on any atom is 0.141 e. The number of hydrogen-bond donors (Lipinski definition) is 2. The van der Waals surface area contributed by atoms with Gasteiger partial charge in [-0.05, 0) is 25.5 Å². The van der Waals surface area contributed by atoms with Gasteiger partial charge in [0.25, 0.3) is 0 Å². The smallest absolute Gasteiger partial charge is 0.141 e. The third kappa shape index (κ3) is 3.47. The Morgan fingerprint density at radius 3 is 2.58 bits per heavy atom. The van der Waals surface area contributed by atoms with E-state index in [1.807, 2.05) is 18.2 Å². The molecule has 1 aliphatic rings. The number of nitrogens with zero attached hydrogens (tertiary/aromatic N) is 2.